The summed E-state index contributed by atoms with van der Waals surface area (Å²) in [4.78, 5) is 28.5. The third-order valence-corrected chi connectivity index (χ3v) is 3.76. The van der Waals surface area contributed by atoms with Crippen LogP contribution in [-0.4, -0.2) is 30.4 Å². The number of carbonyl (C=O) groups is 1. The lowest BCUT2D eigenvalue weighted by Crippen LogP contribution is -2.12. The summed E-state index contributed by atoms with van der Waals surface area (Å²) in [6, 6.07) is 12.5. The zero-order valence-electron chi connectivity index (χ0n) is 13.4. The van der Waals surface area contributed by atoms with Gasteiger partial charge in [0.2, 0.25) is 0 Å². The lowest BCUT2D eigenvalue weighted by molar-refractivity contribution is 0.102. The van der Waals surface area contributed by atoms with E-state index in [1.54, 1.807) is 47.6 Å². The molecule has 3 heterocycles. The molecule has 0 aliphatic rings. The quantitative estimate of drug-likeness (QED) is 0.612. The Morgan fingerprint density at radius 2 is 1.96 bits per heavy atom. The van der Waals surface area contributed by atoms with E-state index in [9.17, 15) is 4.79 Å². The molecule has 8 heteroatoms. The summed E-state index contributed by atoms with van der Waals surface area (Å²) in [5, 5.41) is 12.0. The van der Waals surface area contributed by atoms with Crippen molar-refractivity contribution >= 4 is 22.8 Å². The Hall–Kier alpha value is -4.12. The van der Waals surface area contributed by atoms with Gasteiger partial charge in [0.1, 0.15) is 24.2 Å². The standard InChI is InChI=1S/C18H11N7O/c19-9-15-16-17(22-10-21-15)25(11-23-16)14-3-1-2-13(8-14)24-18(26)12-4-6-20-7-5-12/h1-8,10-11H,(H,24,26). The van der Waals surface area contributed by atoms with Crippen molar-refractivity contribution in [2.24, 2.45) is 0 Å². The first-order chi connectivity index (χ1) is 12.8. The first kappa shape index (κ1) is 15.4. The molecule has 1 amide bonds. The number of fused-ring (bicyclic) bond motifs is 1. The number of carbonyl (C=O) groups excluding carboxylic acids is 1. The molecule has 0 aliphatic heterocycles. The third kappa shape index (κ3) is 2.74. The maximum absolute atomic E-state index is 12.3. The number of pyridine rings is 1. The van der Waals surface area contributed by atoms with Crippen LogP contribution in [0.3, 0.4) is 0 Å². The normalized spacial score (nSPS) is 10.4. The second-order valence-electron chi connectivity index (χ2n) is 5.36. The molecule has 0 saturated carbocycles. The number of aromatic nitrogens is 5. The summed E-state index contributed by atoms with van der Waals surface area (Å²) in [7, 11) is 0. The number of nitrogens with zero attached hydrogens (tertiary/aromatic N) is 6. The van der Waals surface area contributed by atoms with Crippen LogP contribution in [-0.2, 0) is 0 Å². The Balaban J connectivity index is 1.69. The lowest BCUT2D eigenvalue weighted by Gasteiger charge is -2.08. The number of hydrogen-bond acceptors (Lipinski definition) is 6. The summed E-state index contributed by atoms with van der Waals surface area (Å²) in [6.07, 6.45) is 6.03. The zero-order valence-corrected chi connectivity index (χ0v) is 13.4. The van der Waals surface area contributed by atoms with E-state index >= 15 is 0 Å². The summed E-state index contributed by atoms with van der Waals surface area (Å²) in [6.45, 7) is 0. The molecule has 124 valence electrons. The fraction of sp³-hybridized carbons (Fsp3) is 0. The number of amides is 1. The minimum atomic E-state index is -0.228. The van der Waals surface area contributed by atoms with Crippen LogP contribution < -0.4 is 5.32 Å². The largest absolute Gasteiger partial charge is 0.322 e. The second-order valence-corrected chi connectivity index (χ2v) is 5.36. The number of nitriles is 1. The average molecular weight is 341 g/mol. The minimum absolute atomic E-state index is 0.218. The number of hydrogen-bond donors (Lipinski definition) is 1. The maximum atomic E-state index is 12.3. The molecule has 3 aromatic heterocycles. The summed E-state index contributed by atoms with van der Waals surface area (Å²) in [5.74, 6) is -0.228. The molecule has 1 aromatic carbocycles. The highest BCUT2D eigenvalue weighted by Gasteiger charge is 2.12. The van der Waals surface area contributed by atoms with Crippen LogP contribution in [0.25, 0.3) is 16.9 Å². The molecule has 0 spiro atoms. The molecule has 4 rings (SSSR count). The molecule has 0 fully saturated rings. The van der Waals surface area contributed by atoms with Crippen molar-refractivity contribution in [2.45, 2.75) is 0 Å². The molecule has 0 atom stereocenters. The van der Waals surface area contributed by atoms with E-state index in [1.165, 1.54) is 6.33 Å². The first-order valence-electron chi connectivity index (χ1n) is 7.66. The van der Waals surface area contributed by atoms with Gasteiger partial charge in [0, 0.05) is 23.6 Å². The molecule has 0 saturated heterocycles. The van der Waals surface area contributed by atoms with Gasteiger partial charge in [-0.1, -0.05) is 6.07 Å². The van der Waals surface area contributed by atoms with Gasteiger partial charge < -0.3 is 5.32 Å². The van der Waals surface area contributed by atoms with E-state index in [0.29, 0.717) is 22.4 Å². The second kappa shape index (κ2) is 6.41. The SMILES string of the molecule is N#Cc1ncnc2c1ncn2-c1cccc(NC(=O)c2ccncc2)c1. The van der Waals surface area contributed by atoms with Gasteiger partial charge >= 0.3 is 0 Å². The van der Waals surface area contributed by atoms with Crippen LogP contribution in [0.1, 0.15) is 16.1 Å². The van der Waals surface area contributed by atoms with Crippen molar-refractivity contribution in [3.8, 4) is 11.8 Å². The Labute approximate surface area is 147 Å². The molecule has 0 aliphatic carbocycles. The van der Waals surface area contributed by atoms with Crippen LogP contribution >= 0.6 is 0 Å². The monoisotopic (exact) mass is 341 g/mol. The molecule has 0 bridgehead atoms. The Bertz CT molecular complexity index is 1150. The molecule has 0 radical (unpaired) electrons. The van der Waals surface area contributed by atoms with E-state index < -0.39 is 0 Å². The smallest absolute Gasteiger partial charge is 0.255 e. The van der Waals surface area contributed by atoms with E-state index in [-0.39, 0.29) is 11.6 Å². The maximum Gasteiger partial charge on any atom is 0.255 e. The Morgan fingerprint density at radius 3 is 2.77 bits per heavy atom. The highest BCUT2D eigenvalue weighted by atomic mass is 16.1. The predicted octanol–water partition coefficient (Wildman–Crippen LogP) is 2.33. The van der Waals surface area contributed by atoms with E-state index in [1.807, 2.05) is 18.2 Å². The van der Waals surface area contributed by atoms with Crippen molar-refractivity contribution in [2.75, 3.05) is 5.32 Å². The van der Waals surface area contributed by atoms with Crippen LogP contribution in [0.4, 0.5) is 5.69 Å². The third-order valence-electron chi connectivity index (χ3n) is 3.76. The summed E-state index contributed by atoms with van der Waals surface area (Å²) < 4.78 is 1.74. The van der Waals surface area contributed by atoms with Crippen LogP contribution in [0.2, 0.25) is 0 Å². The first-order valence-corrected chi connectivity index (χ1v) is 7.66. The zero-order chi connectivity index (χ0) is 17.9. The fourth-order valence-electron chi connectivity index (χ4n) is 2.55. The number of nitrogens with one attached hydrogen (secondary N) is 1. The fourth-order valence-corrected chi connectivity index (χ4v) is 2.55. The van der Waals surface area contributed by atoms with Crippen LogP contribution in [0, 0.1) is 11.3 Å². The van der Waals surface area contributed by atoms with Gasteiger partial charge in [0.25, 0.3) is 5.91 Å². The van der Waals surface area contributed by atoms with Gasteiger partial charge in [-0.05, 0) is 30.3 Å². The van der Waals surface area contributed by atoms with E-state index in [2.05, 4.69) is 25.3 Å². The summed E-state index contributed by atoms with van der Waals surface area (Å²) >= 11 is 0. The van der Waals surface area contributed by atoms with Gasteiger partial charge in [-0.3, -0.25) is 14.3 Å². The van der Waals surface area contributed by atoms with Gasteiger partial charge in [0.15, 0.2) is 11.3 Å². The van der Waals surface area contributed by atoms with E-state index in [0.717, 1.165) is 5.69 Å². The van der Waals surface area contributed by atoms with Crippen molar-refractivity contribution in [1.29, 1.82) is 5.26 Å². The Morgan fingerprint density at radius 1 is 1.12 bits per heavy atom. The van der Waals surface area contributed by atoms with Crippen molar-refractivity contribution in [1.82, 2.24) is 24.5 Å². The molecule has 1 N–H and O–H groups in total. The molecule has 4 aromatic rings. The average Bonchev–Trinajstić information content (AvgIpc) is 3.13. The topological polar surface area (TPSA) is 109 Å². The van der Waals surface area contributed by atoms with Crippen LogP contribution in [0.5, 0.6) is 0 Å². The molecule has 26 heavy (non-hydrogen) atoms. The molecule has 0 unspecified atom stereocenters. The molecular weight excluding hydrogens is 330 g/mol. The highest BCUT2D eigenvalue weighted by Crippen LogP contribution is 2.20. The molecular formula is C18H11N7O. The number of rotatable bonds is 3. The van der Waals surface area contributed by atoms with Crippen molar-refractivity contribution < 1.29 is 4.79 Å². The molecule has 8 nitrogen and oxygen atoms in total. The number of benzene rings is 1. The van der Waals surface area contributed by atoms with Crippen molar-refractivity contribution in [3.05, 3.63) is 72.7 Å². The van der Waals surface area contributed by atoms with E-state index in [4.69, 9.17) is 5.26 Å². The minimum Gasteiger partial charge on any atom is -0.322 e. The summed E-state index contributed by atoms with van der Waals surface area (Å²) in [5.41, 5.74) is 3.07. The van der Waals surface area contributed by atoms with Gasteiger partial charge in [-0.2, -0.15) is 5.26 Å². The van der Waals surface area contributed by atoms with Gasteiger partial charge in [-0.25, -0.2) is 15.0 Å². The van der Waals surface area contributed by atoms with Gasteiger partial charge in [0.05, 0.1) is 5.69 Å². The predicted molar refractivity (Wildman–Crippen MR) is 93.6 cm³/mol. The highest BCUT2D eigenvalue weighted by molar-refractivity contribution is 6.04. The van der Waals surface area contributed by atoms with Crippen LogP contribution in [0.15, 0.2) is 61.4 Å². The number of anilines is 1. The van der Waals surface area contributed by atoms with Gasteiger partial charge in [-0.15, -0.1) is 0 Å². The lowest BCUT2D eigenvalue weighted by atomic mass is 10.2. The van der Waals surface area contributed by atoms with Crippen molar-refractivity contribution in [3.63, 3.8) is 0 Å². The number of imidazole rings is 1. The Kier molecular flexibility index (Phi) is 3.80.